The molecule has 10 nitrogen and oxygen atoms in total. The first kappa shape index (κ1) is 34.4. The van der Waals surface area contributed by atoms with E-state index >= 15 is 0 Å². The Morgan fingerprint density at radius 2 is 1.20 bits per heavy atom. The van der Waals surface area contributed by atoms with Crippen LogP contribution in [0, 0.1) is 0 Å². The number of nitrogens with zero attached hydrogens (tertiary/aromatic N) is 1. The minimum Gasteiger partial charge on any atom is -0.878 e. The van der Waals surface area contributed by atoms with Gasteiger partial charge in [0.2, 0.25) is 0 Å². The summed E-state index contributed by atoms with van der Waals surface area (Å²) in [6.07, 6.45) is 3.61. The van der Waals surface area contributed by atoms with Gasteiger partial charge >= 0.3 is 51.4 Å². The van der Waals surface area contributed by atoms with E-state index in [1.165, 1.54) is 5.01 Å². The number of likely N-dealkylation sites (N-methyl/N-ethyl adjacent to an activating group) is 1. The minimum atomic E-state index is -0.198. The van der Waals surface area contributed by atoms with Crippen LogP contribution in [0.25, 0.3) is 0 Å². The van der Waals surface area contributed by atoms with Crippen molar-refractivity contribution in [2.45, 2.75) is 32.2 Å². The summed E-state index contributed by atoms with van der Waals surface area (Å²) in [5.74, 6) is 2.60. The zero-order valence-electron chi connectivity index (χ0n) is 23.8. The van der Waals surface area contributed by atoms with E-state index < -0.39 is 0 Å². The van der Waals surface area contributed by atoms with Crippen LogP contribution in [0.2, 0.25) is 0 Å². The fourth-order valence-corrected chi connectivity index (χ4v) is 3.89. The maximum Gasteiger partial charge on any atom is 1.00 e. The second kappa shape index (κ2) is 20.1. The number of fused-ring (bicyclic) bond motifs is 2. The van der Waals surface area contributed by atoms with Crippen molar-refractivity contribution in [3.05, 3.63) is 60.4 Å². The molecule has 1 amide bonds. The van der Waals surface area contributed by atoms with Crippen LogP contribution in [-0.4, -0.2) is 76.9 Å². The van der Waals surface area contributed by atoms with Gasteiger partial charge in [-0.1, -0.05) is 44.0 Å². The van der Waals surface area contributed by atoms with E-state index in [4.69, 9.17) is 28.4 Å². The van der Waals surface area contributed by atoms with Crippen LogP contribution in [-0.2, 0) is 14.3 Å². The molecule has 214 valence electrons. The fourth-order valence-electron chi connectivity index (χ4n) is 3.89. The number of rotatable bonds is 3. The first-order chi connectivity index (χ1) is 19.1. The van der Waals surface area contributed by atoms with Crippen molar-refractivity contribution in [1.29, 1.82) is 0 Å². The molecule has 0 bridgehead atoms. The van der Waals surface area contributed by atoms with Gasteiger partial charge in [-0.2, -0.15) is 0 Å². The molecule has 11 heteroatoms. The average Bonchev–Trinajstić information content (AvgIpc) is 3.23. The smallest absolute Gasteiger partial charge is 0.878 e. The average molecular weight is 583 g/mol. The molecule has 4 rings (SSSR count). The Bertz CT molecular complexity index is 927. The normalized spacial score (nSPS) is 19.4. The molecule has 1 unspecified atom stereocenters. The molecule has 0 aliphatic carbocycles. The third-order valence-electron chi connectivity index (χ3n) is 5.89. The Balaban J connectivity index is 0.000000339. The molecule has 2 aromatic carbocycles. The number of benzene rings is 2. The molecular weight excluding hydrogens is 543 g/mol. The van der Waals surface area contributed by atoms with Crippen LogP contribution in [0.1, 0.15) is 26.2 Å². The largest absolute Gasteiger partial charge is 1.00 e. The third-order valence-corrected chi connectivity index (χ3v) is 5.89. The van der Waals surface area contributed by atoms with Crippen molar-refractivity contribution in [3.63, 3.8) is 0 Å². The number of hydrogen-bond donors (Lipinski definition) is 1. The second-order valence-electron chi connectivity index (χ2n) is 8.77. The Morgan fingerprint density at radius 3 is 1.55 bits per heavy atom. The van der Waals surface area contributed by atoms with Crippen LogP contribution < -0.4 is 80.9 Å². The molecule has 1 saturated heterocycles. The summed E-state index contributed by atoms with van der Waals surface area (Å²) >= 11 is 0. The maximum absolute atomic E-state index is 11.3. The number of unbranched alkanes of at least 4 members (excludes halogenated alkanes) is 1. The molecule has 0 radical (unpaired) electrons. The molecule has 2 heterocycles. The van der Waals surface area contributed by atoms with Crippen LogP contribution in [0.4, 0.5) is 0 Å². The Hall–Kier alpha value is -1.83. The van der Waals surface area contributed by atoms with Gasteiger partial charge in [-0.05, 0) is 30.7 Å². The van der Waals surface area contributed by atoms with Gasteiger partial charge in [-0.25, -0.2) is 5.43 Å². The number of para-hydroxylation sites is 4. The molecular formula is C29H39KN2O8. The van der Waals surface area contributed by atoms with E-state index in [0.717, 1.165) is 19.3 Å². The molecule has 40 heavy (non-hydrogen) atoms. The summed E-state index contributed by atoms with van der Waals surface area (Å²) in [6, 6.07) is 15.1. The number of ether oxygens (including phenoxy) is 6. The second-order valence-corrected chi connectivity index (χ2v) is 8.77. The molecule has 1 N–H and O–H groups in total. The molecule has 0 spiro atoms. The number of carbonyl (C=O) groups is 1. The summed E-state index contributed by atoms with van der Waals surface area (Å²) in [5, 5.41) is 12.0. The number of nitrogens with one attached hydrogen (secondary N) is 1. The molecule has 2 aliphatic heterocycles. The minimum absolute atomic E-state index is 0. The zero-order chi connectivity index (χ0) is 27.7. The predicted octanol–water partition coefficient (Wildman–Crippen LogP) is -0.281. The third kappa shape index (κ3) is 11.6. The molecule has 0 aromatic heterocycles. The quantitative estimate of drug-likeness (QED) is 0.297. The van der Waals surface area contributed by atoms with Crippen molar-refractivity contribution < 1.29 is 89.7 Å². The van der Waals surface area contributed by atoms with Crippen LogP contribution in [0.5, 0.6) is 23.0 Å². The van der Waals surface area contributed by atoms with Gasteiger partial charge in [0.25, 0.3) is 5.91 Å². The molecule has 2 aromatic rings. The van der Waals surface area contributed by atoms with Crippen molar-refractivity contribution in [2.75, 3.05) is 59.9 Å². The molecule has 1 atom stereocenters. The summed E-state index contributed by atoms with van der Waals surface area (Å²) in [5.41, 5.74) is 3.31. The van der Waals surface area contributed by atoms with E-state index in [-0.39, 0.29) is 63.3 Å². The van der Waals surface area contributed by atoms with Crippen LogP contribution in [0.15, 0.2) is 60.4 Å². The van der Waals surface area contributed by atoms with Crippen molar-refractivity contribution >= 4 is 5.91 Å². The van der Waals surface area contributed by atoms with E-state index in [0.29, 0.717) is 87.7 Å². The SMILES string of the molecule is CCCCC1NN(C)C(=O)/C1=C/[O-].[K+].c1ccc2c(c1)OCCOCCOc1ccccc1OCCOCCO2. The van der Waals surface area contributed by atoms with E-state index in [1.807, 2.05) is 48.5 Å². The molecule has 1 fully saturated rings. The van der Waals surface area contributed by atoms with Gasteiger partial charge in [0.15, 0.2) is 23.0 Å². The van der Waals surface area contributed by atoms with Gasteiger partial charge in [0, 0.05) is 12.6 Å². The number of hydrogen-bond acceptors (Lipinski definition) is 9. The Labute approximate surface area is 279 Å². The standard InChI is InChI=1S/C20H24O6.C9H16N2O2.K/c1-2-6-18-17(5-1)23-13-9-21-11-15-25-19-7-3-4-8-20(19)26-16-12-22-10-14-24-18;1-3-4-5-8-7(6-12)9(13)11(2)10-8;/h1-8H,9-16H2;6,8,10,12H,3-5H2,1-2H3;/q;;+1/p-1/b;7-6+;. The fraction of sp³-hybridized carbons (Fsp3) is 0.483. The number of amides is 1. The van der Waals surface area contributed by atoms with Gasteiger partial charge in [0.05, 0.1) is 32.5 Å². The number of carbonyl (C=O) groups excluding carboxylic acids is 1. The topological polar surface area (TPSA) is 111 Å². The Morgan fingerprint density at radius 1 is 0.800 bits per heavy atom. The zero-order valence-corrected chi connectivity index (χ0v) is 26.9. The maximum atomic E-state index is 11.3. The van der Waals surface area contributed by atoms with Crippen molar-refractivity contribution in [2.24, 2.45) is 0 Å². The summed E-state index contributed by atoms with van der Waals surface area (Å²) in [6.45, 7) is 5.73. The summed E-state index contributed by atoms with van der Waals surface area (Å²) in [4.78, 5) is 11.3. The van der Waals surface area contributed by atoms with E-state index in [1.54, 1.807) is 7.05 Å². The van der Waals surface area contributed by atoms with E-state index in [9.17, 15) is 9.90 Å². The van der Waals surface area contributed by atoms with Crippen molar-refractivity contribution in [3.8, 4) is 23.0 Å². The monoisotopic (exact) mass is 582 g/mol. The number of hydrazine groups is 1. The predicted molar refractivity (Wildman–Crippen MR) is 144 cm³/mol. The molecule has 2 aliphatic rings. The summed E-state index contributed by atoms with van der Waals surface area (Å²) in [7, 11) is 1.64. The van der Waals surface area contributed by atoms with Gasteiger partial charge in [0.1, 0.15) is 26.4 Å². The first-order valence-corrected chi connectivity index (χ1v) is 13.3. The van der Waals surface area contributed by atoms with E-state index in [2.05, 4.69) is 12.3 Å². The summed E-state index contributed by atoms with van der Waals surface area (Å²) < 4.78 is 34.1. The molecule has 0 saturated carbocycles. The van der Waals surface area contributed by atoms with Gasteiger partial charge < -0.3 is 33.5 Å². The van der Waals surface area contributed by atoms with Crippen LogP contribution in [0.3, 0.4) is 0 Å². The van der Waals surface area contributed by atoms with Crippen molar-refractivity contribution in [1.82, 2.24) is 10.4 Å². The Kier molecular flexibility index (Phi) is 17.3. The van der Waals surface area contributed by atoms with Gasteiger partial charge in [-0.3, -0.25) is 9.80 Å². The first-order valence-electron chi connectivity index (χ1n) is 13.3. The van der Waals surface area contributed by atoms with Gasteiger partial charge in [-0.15, -0.1) is 6.26 Å². The van der Waals surface area contributed by atoms with Crippen LogP contribution >= 0.6 is 0 Å².